The highest BCUT2D eigenvalue weighted by molar-refractivity contribution is 6.05. The molecule has 6 nitrogen and oxygen atoms in total. The average Bonchev–Trinajstić information content (AvgIpc) is 2.79. The number of carbonyl (C=O) groups excluding carboxylic acids is 1. The summed E-state index contributed by atoms with van der Waals surface area (Å²) in [4.78, 5) is 31.3. The first-order chi connectivity index (χ1) is 14.7. The Balaban J connectivity index is 1.32. The average molecular weight is 399 g/mol. The molecule has 3 aromatic carbocycles. The molecule has 0 radical (unpaired) electrons. The van der Waals surface area contributed by atoms with Crippen LogP contribution in [0.3, 0.4) is 0 Å². The van der Waals surface area contributed by atoms with Crippen LogP contribution in [0.15, 0.2) is 83.9 Å². The van der Waals surface area contributed by atoms with Gasteiger partial charge >= 0.3 is 0 Å². The largest absolute Gasteiger partial charge is 0.489 e. The molecule has 150 valence electrons. The van der Waals surface area contributed by atoms with Gasteiger partial charge in [-0.05, 0) is 41.8 Å². The molecule has 0 saturated carbocycles. The smallest absolute Gasteiger partial charge is 0.259 e. The van der Waals surface area contributed by atoms with E-state index in [2.05, 4.69) is 15.3 Å². The van der Waals surface area contributed by atoms with Crippen LogP contribution in [-0.4, -0.2) is 22.4 Å². The summed E-state index contributed by atoms with van der Waals surface area (Å²) >= 11 is 0. The second-order valence-electron chi connectivity index (χ2n) is 6.86. The highest BCUT2D eigenvalue weighted by Gasteiger charge is 2.12. The normalized spacial score (nSPS) is 10.7. The summed E-state index contributed by atoms with van der Waals surface area (Å²) < 4.78 is 5.79. The third kappa shape index (κ3) is 4.55. The molecule has 0 bridgehead atoms. The topological polar surface area (TPSA) is 84.1 Å². The molecule has 1 heterocycles. The van der Waals surface area contributed by atoms with Gasteiger partial charge in [0.05, 0.1) is 22.8 Å². The number of hydrogen-bond acceptors (Lipinski definition) is 4. The summed E-state index contributed by atoms with van der Waals surface area (Å²) in [5.41, 5.74) is 2.70. The van der Waals surface area contributed by atoms with Gasteiger partial charge < -0.3 is 15.0 Å². The van der Waals surface area contributed by atoms with Crippen LogP contribution in [0.2, 0.25) is 0 Å². The van der Waals surface area contributed by atoms with Crippen LogP contribution in [0.1, 0.15) is 21.5 Å². The van der Waals surface area contributed by atoms with Crippen LogP contribution in [0, 0.1) is 0 Å². The van der Waals surface area contributed by atoms with Gasteiger partial charge in [0.15, 0.2) is 0 Å². The number of benzene rings is 3. The standard InChI is InChI=1S/C24H21N3O3/c28-23(20-7-4-8-21-22(20)24(29)27-16-26-21)25-14-13-17-9-11-19(12-10-17)30-15-18-5-2-1-3-6-18/h1-12,16H,13-15H2,(H,25,28)(H,26,27,29). The SMILES string of the molecule is O=C(NCCc1ccc(OCc2ccccc2)cc1)c1cccc2nc[nH]c(=O)c12. The molecule has 0 saturated heterocycles. The third-order valence-electron chi connectivity index (χ3n) is 4.78. The first kappa shape index (κ1) is 19.4. The van der Waals surface area contributed by atoms with Gasteiger partial charge in [-0.25, -0.2) is 4.98 Å². The number of fused-ring (bicyclic) bond motifs is 1. The highest BCUT2D eigenvalue weighted by Crippen LogP contribution is 2.15. The lowest BCUT2D eigenvalue weighted by Crippen LogP contribution is -2.27. The van der Waals surface area contributed by atoms with Crippen molar-refractivity contribution in [3.05, 3.63) is 106 Å². The highest BCUT2D eigenvalue weighted by atomic mass is 16.5. The fourth-order valence-electron chi connectivity index (χ4n) is 3.22. The number of hydrogen-bond donors (Lipinski definition) is 2. The minimum atomic E-state index is -0.322. The van der Waals surface area contributed by atoms with E-state index in [-0.39, 0.29) is 11.5 Å². The van der Waals surface area contributed by atoms with E-state index in [0.717, 1.165) is 16.9 Å². The van der Waals surface area contributed by atoms with Crippen LogP contribution < -0.4 is 15.6 Å². The Labute approximate surface area is 173 Å². The first-order valence-electron chi connectivity index (χ1n) is 9.71. The van der Waals surface area contributed by atoms with Gasteiger partial charge in [-0.1, -0.05) is 48.5 Å². The van der Waals surface area contributed by atoms with E-state index < -0.39 is 0 Å². The first-order valence-corrected chi connectivity index (χ1v) is 9.71. The van der Waals surface area contributed by atoms with Crippen molar-refractivity contribution >= 4 is 16.8 Å². The maximum Gasteiger partial charge on any atom is 0.259 e. The van der Waals surface area contributed by atoms with Crippen molar-refractivity contribution in [1.29, 1.82) is 0 Å². The maximum atomic E-state index is 12.6. The Morgan fingerprint density at radius 2 is 1.73 bits per heavy atom. The summed E-state index contributed by atoms with van der Waals surface area (Å²) in [6, 6.07) is 22.9. The predicted octanol–water partition coefficient (Wildman–Crippen LogP) is 3.47. The minimum Gasteiger partial charge on any atom is -0.489 e. The summed E-state index contributed by atoms with van der Waals surface area (Å²) in [6.07, 6.45) is 2.00. The molecule has 1 amide bonds. The van der Waals surface area contributed by atoms with Gasteiger partial charge in [0, 0.05) is 6.54 Å². The number of H-pyrrole nitrogens is 1. The molecule has 0 aliphatic carbocycles. The summed E-state index contributed by atoms with van der Waals surface area (Å²) in [5.74, 6) is 0.510. The zero-order valence-corrected chi connectivity index (χ0v) is 16.3. The Morgan fingerprint density at radius 3 is 2.53 bits per heavy atom. The lowest BCUT2D eigenvalue weighted by Gasteiger charge is -2.09. The number of nitrogens with zero attached hydrogens (tertiary/aromatic N) is 1. The molecule has 2 N–H and O–H groups in total. The van der Waals surface area contributed by atoms with E-state index in [0.29, 0.717) is 36.0 Å². The van der Waals surface area contributed by atoms with Gasteiger partial charge in [-0.15, -0.1) is 0 Å². The summed E-state index contributed by atoms with van der Waals surface area (Å²) in [6.45, 7) is 0.979. The molecule has 0 aliphatic heterocycles. The third-order valence-corrected chi connectivity index (χ3v) is 4.78. The van der Waals surface area contributed by atoms with Crippen LogP contribution in [0.5, 0.6) is 5.75 Å². The Hall–Kier alpha value is -3.93. The van der Waals surface area contributed by atoms with E-state index >= 15 is 0 Å². The number of rotatable bonds is 7. The number of nitrogens with one attached hydrogen (secondary N) is 2. The fourth-order valence-corrected chi connectivity index (χ4v) is 3.22. The van der Waals surface area contributed by atoms with Crippen LogP contribution in [-0.2, 0) is 13.0 Å². The molecule has 0 fully saturated rings. The number of ether oxygens (including phenoxy) is 1. The lowest BCUT2D eigenvalue weighted by molar-refractivity contribution is 0.0955. The quantitative estimate of drug-likeness (QED) is 0.498. The van der Waals surface area contributed by atoms with E-state index in [1.807, 2.05) is 54.6 Å². The van der Waals surface area contributed by atoms with Crippen LogP contribution in [0.4, 0.5) is 0 Å². The van der Waals surface area contributed by atoms with Crippen molar-refractivity contribution in [2.24, 2.45) is 0 Å². The van der Waals surface area contributed by atoms with E-state index in [9.17, 15) is 9.59 Å². The second-order valence-corrected chi connectivity index (χ2v) is 6.86. The zero-order valence-electron chi connectivity index (χ0n) is 16.3. The van der Waals surface area contributed by atoms with Crippen molar-refractivity contribution in [2.75, 3.05) is 6.54 Å². The van der Waals surface area contributed by atoms with Gasteiger partial charge in [-0.3, -0.25) is 9.59 Å². The Kier molecular flexibility index (Phi) is 5.85. The molecule has 30 heavy (non-hydrogen) atoms. The van der Waals surface area contributed by atoms with Crippen LogP contribution in [0.25, 0.3) is 10.9 Å². The maximum absolute atomic E-state index is 12.6. The molecule has 0 atom stereocenters. The Morgan fingerprint density at radius 1 is 0.933 bits per heavy atom. The predicted molar refractivity (Wildman–Crippen MR) is 116 cm³/mol. The molecule has 0 aliphatic rings. The number of aromatic amines is 1. The van der Waals surface area contributed by atoms with Crippen molar-refractivity contribution in [2.45, 2.75) is 13.0 Å². The molecule has 0 spiro atoms. The molecule has 1 aromatic heterocycles. The molecule has 4 rings (SSSR count). The number of carbonyl (C=O) groups is 1. The number of aromatic nitrogens is 2. The Bertz CT molecular complexity index is 1200. The van der Waals surface area contributed by atoms with Gasteiger partial charge in [0.2, 0.25) is 0 Å². The molecular formula is C24H21N3O3. The van der Waals surface area contributed by atoms with Crippen LogP contribution >= 0.6 is 0 Å². The summed E-state index contributed by atoms with van der Waals surface area (Å²) in [5, 5.41) is 3.18. The van der Waals surface area contributed by atoms with E-state index in [4.69, 9.17) is 4.74 Å². The zero-order chi connectivity index (χ0) is 20.8. The minimum absolute atomic E-state index is 0.290. The van der Waals surface area contributed by atoms with Gasteiger partial charge in [0.25, 0.3) is 11.5 Å². The molecule has 6 heteroatoms. The lowest BCUT2D eigenvalue weighted by atomic mass is 10.1. The van der Waals surface area contributed by atoms with Gasteiger partial charge in [-0.2, -0.15) is 0 Å². The van der Waals surface area contributed by atoms with E-state index in [1.54, 1.807) is 18.2 Å². The molecular weight excluding hydrogens is 378 g/mol. The summed E-state index contributed by atoms with van der Waals surface area (Å²) in [7, 11) is 0. The number of amides is 1. The monoisotopic (exact) mass is 399 g/mol. The van der Waals surface area contributed by atoms with Crippen molar-refractivity contribution < 1.29 is 9.53 Å². The van der Waals surface area contributed by atoms with Gasteiger partial charge in [0.1, 0.15) is 12.4 Å². The second kappa shape index (κ2) is 9.05. The molecule has 4 aromatic rings. The fraction of sp³-hybridized carbons (Fsp3) is 0.125. The molecule has 0 unspecified atom stereocenters. The van der Waals surface area contributed by atoms with E-state index in [1.165, 1.54) is 6.33 Å². The van der Waals surface area contributed by atoms with Crippen molar-refractivity contribution in [1.82, 2.24) is 15.3 Å². The van der Waals surface area contributed by atoms with Crippen molar-refractivity contribution in [3.63, 3.8) is 0 Å². The van der Waals surface area contributed by atoms with Crippen molar-refractivity contribution in [3.8, 4) is 5.75 Å².